The van der Waals surface area contributed by atoms with Crippen LogP contribution in [0.2, 0.25) is 0 Å². The number of para-hydroxylation sites is 1. The molecule has 10 nitrogen and oxygen atoms in total. The molecule has 40 heavy (non-hydrogen) atoms. The summed E-state index contributed by atoms with van der Waals surface area (Å²) in [6, 6.07) is 11.8. The third kappa shape index (κ3) is 4.57. The Morgan fingerprint density at radius 2 is 1.57 bits per heavy atom. The van der Waals surface area contributed by atoms with E-state index in [1.807, 2.05) is 0 Å². The Kier molecular flexibility index (Phi) is 7.08. The first-order valence-electron chi connectivity index (χ1n) is 12.3. The van der Waals surface area contributed by atoms with Gasteiger partial charge in [0.25, 0.3) is 0 Å². The van der Waals surface area contributed by atoms with Crippen molar-refractivity contribution in [2.75, 3.05) is 28.4 Å². The van der Waals surface area contributed by atoms with Gasteiger partial charge in [-0.1, -0.05) is 12.1 Å². The van der Waals surface area contributed by atoms with E-state index in [1.165, 1.54) is 35.4 Å². The van der Waals surface area contributed by atoms with Gasteiger partial charge in [0.15, 0.2) is 28.8 Å². The van der Waals surface area contributed by atoms with Crippen molar-refractivity contribution in [3.63, 3.8) is 0 Å². The first-order valence-corrected chi connectivity index (χ1v) is 12.3. The standard InChI is InChI=1S/C30H26O10/c1-15(31)38-30-23(35-3)12-17(13-24(30)36-4)19-14-25(32)39-20-10-9-18-27(33)22(40-29(18)26(19)20)11-16-7-6-8-21(34-2)28(16)37-5/h6-13,19H,14H2,1-5H3/b22-11-/t19-/m1/s1. The molecule has 3 aromatic rings. The summed E-state index contributed by atoms with van der Waals surface area (Å²) in [6.07, 6.45) is 1.54. The van der Waals surface area contributed by atoms with Gasteiger partial charge in [0.2, 0.25) is 11.5 Å². The third-order valence-electron chi connectivity index (χ3n) is 6.63. The van der Waals surface area contributed by atoms with Gasteiger partial charge in [0, 0.05) is 24.0 Å². The molecular formula is C30H26O10. The van der Waals surface area contributed by atoms with Crippen molar-refractivity contribution >= 4 is 23.8 Å². The number of fused-ring (bicyclic) bond motifs is 3. The smallest absolute Gasteiger partial charge is 0.312 e. The second-order valence-corrected chi connectivity index (χ2v) is 8.96. The number of hydrogen-bond acceptors (Lipinski definition) is 10. The molecule has 3 aromatic carbocycles. The zero-order valence-corrected chi connectivity index (χ0v) is 22.5. The lowest BCUT2D eigenvalue weighted by molar-refractivity contribution is -0.135. The highest BCUT2D eigenvalue weighted by molar-refractivity contribution is 6.15. The molecule has 2 aliphatic heterocycles. The average molecular weight is 547 g/mol. The van der Waals surface area contributed by atoms with E-state index in [9.17, 15) is 14.4 Å². The average Bonchev–Trinajstić information content (AvgIpc) is 3.26. The second kappa shape index (κ2) is 10.6. The summed E-state index contributed by atoms with van der Waals surface area (Å²) >= 11 is 0. The highest BCUT2D eigenvalue weighted by Gasteiger charge is 2.39. The molecule has 1 atom stereocenters. The van der Waals surface area contributed by atoms with Crippen molar-refractivity contribution in [3.8, 4) is 40.2 Å². The van der Waals surface area contributed by atoms with Crippen LogP contribution >= 0.6 is 0 Å². The normalized spacial score (nSPS) is 16.4. The molecule has 0 N–H and O–H groups in total. The predicted molar refractivity (Wildman–Crippen MR) is 142 cm³/mol. The van der Waals surface area contributed by atoms with Crippen LogP contribution in [-0.4, -0.2) is 46.2 Å². The second-order valence-electron chi connectivity index (χ2n) is 8.96. The van der Waals surface area contributed by atoms with Crippen molar-refractivity contribution in [3.05, 3.63) is 70.5 Å². The van der Waals surface area contributed by atoms with Crippen LogP contribution in [0, 0.1) is 0 Å². The fourth-order valence-electron chi connectivity index (χ4n) is 4.90. The van der Waals surface area contributed by atoms with Gasteiger partial charge >= 0.3 is 11.9 Å². The molecule has 206 valence electrons. The Hall–Kier alpha value is -4.99. The zero-order chi connectivity index (χ0) is 28.6. The minimum atomic E-state index is -0.584. The number of esters is 2. The fraction of sp³-hybridized carbons (Fsp3) is 0.233. The number of benzene rings is 3. The molecule has 0 saturated heterocycles. The summed E-state index contributed by atoms with van der Waals surface area (Å²) in [5.41, 5.74) is 2.05. The van der Waals surface area contributed by atoms with Gasteiger partial charge < -0.3 is 33.2 Å². The highest BCUT2D eigenvalue weighted by atomic mass is 16.6. The van der Waals surface area contributed by atoms with Crippen LogP contribution in [0.4, 0.5) is 0 Å². The Morgan fingerprint density at radius 3 is 2.20 bits per heavy atom. The quantitative estimate of drug-likeness (QED) is 0.234. The van der Waals surface area contributed by atoms with Crippen molar-refractivity contribution in [2.45, 2.75) is 19.3 Å². The number of methoxy groups -OCH3 is 4. The van der Waals surface area contributed by atoms with Gasteiger partial charge in [-0.25, -0.2) is 0 Å². The Labute approximate surface area is 230 Å². The SMILES string of the molecule is COc1cccc(/C=C2\Oc3c(ccc4c3[C@@H](c3cc(OC)c(OC(C)=O)c(OC)c3)CC(=O)O4)C2=O)c1OC. The van der Waals surface area contributed by atoms with Gasteiger partial charge in [-0.05, 0) is 42.0 Å². The minimum Gasteiger partial charge on any atom is -0.493 e. The molecule has 0 unspecified atom stereocenters. The van der Waals surface area contributed by atoms with E-state index in [1.54, 1.807) is 48.5 Å². The maximum Gasteiger partial charge on any atom is 0.312 e. The summed E-state index contributed by atoms with van der Waals surface area (Å²) in [4.78, 5) is 37.7. The first kappa shape index (κ1) is 26.6. The molecule has 0 radical (unpaired) electrons. The zero-order valence-electron chi connectivity index (χ0n) is 22.5. The van der Waals surface area contributed by atoms with Crippen LogP contribution in [0.5, 0.6) is 40.2 Å². The van der Waals surface area contributed by atoms with E-state index < -0.39 is 17.9 Å². The lowest BCUT2D eigenvalue weighted by Crippen LogP contribution is -2.21. The predicted octanol–water partition coefficient (Wildman–Crippen LogP) is 4.70. The first-order chi connectivity index (χ1) is 19.3. The summed E-state index contributed by atoms with van der Waals surface area (Å²) in [5.74, 6) is 0.250. The number of ketones is 1. The molecule has 0 fully saturated rings. The molecule has 0 spiro atoms. The number of rotatable bonds is 7. The van der Waals surface area contributed by atoms with E-state index in [2.05, 4.69) is 0 Å². The molecule has 2 aliphatic rings. The van der Waals surface area contributed by atoms with Crippen molar-refractivity contribution in [1.29, 1.82) is 0 Å². The Morgan fingerprint density at radius 1 is 0.875 bits per heavy atom. The number of Topliss-reactive ketones (excluding diaryl/α,β-unsaturated/α-hetero) is 1. The number of ether oxygens (including phenoxy) is 7. The number of carbonyl (C=O) groups excluding carboxylic acids is 3. The molecule has 5 rings (SSSR count). The Bertz CT molecular complexity index is 1540. The maximum atomic E-state index is 13.4. The molecule has 0 saturated carbocycles. The summed E-state index contributed by atoms with van der Waals surface area (Å²) in [7, 11) is 5.89. The van der Waals surface area contributed by atoms with Crippen LogP contribution in [0.3, 0.4) is 0 Å². The van der Waals surface area contributed by atoms with E-state index >= 15 is 0 Å². The van der Waals surface area contributed by atoms with Gasteiger partial charge in [-0.3, -0.25) is 14.4 Å². The molecule has 0 aliphatic carbocycles. The number of allylic oxidation sites excluding steroid dienone is 1. The lowest BCUT2D eigenvalue weighted by Gasteiger charge is -2.27. The Balaban J connectivity index is 1.63. The molecular weight excluding hydrogens is 520 g/mol. The maximum absolute atomic E-state index is 13.4. The fourth-order valence-corrected chi connectivity index (χ4v) is 4.90. The van der Waals surface area contributed by atoms with Crippen molar-refractivity contribution < 1.29 is 47.5 Å². The van der Waals surface area contributed by atoms with Crippen LogP contribution in [0.1, 0.15) is 46.3 Å². The van der Waals surface area contributed by atoms with E-state index in [-0.39, 0.29) is 46.7 Å². The van der Waals surface area contributed by atoms with Crippen LogP contribution < -0.4 is 33.2 Å². The molecule has 10 heteroatoms. The van der Waals surface area contributed by atoms with Crippen LogP contribution in [0.15, 0.2) is 48.2 Å². The third-order valence-corrected chi connectivity index (χ3v) is 6.63. The number of hydrogen-bond donors (Lipinski definition) is 0. The lowest BCUT2D eigenvalue weighted by atomic mass is 9.84. The molecule has 2 heterocycles. The summed E-state index contributed by atoms with van der Waals surface area (Å²) < 4.78 is 38.8. The molecule has 0 aromatic heterocycles. The van der Waals surface area contributed by atoms with E-state index in [0.29, 0.717) is 33.8 Å². The van der Waals surface area contributed by atoms with E-state index in [0.717, 1.165) is 0 Å². The van der Waals surface area contributed by atoms with Crippen LogP contribution in [0.25, 0.3) is 6.08 Å². The topological polar surface area (TPSA) is 116 Å². The summed E-state index contributed by atoms with van der Waals surface area (Å²) in [5, 5.41) is 0. The largest absolute Gasteiger partial charge is 0.493 e. The van der Waals surface area contributed by atoms with Gasteiger partial charge in [-0.2, -0.15) is 0 Å². The van der Waals surface area contributed by atoms with Crippen molar-refractivity contribution in [1.82, 2.24) is 0 Å². The van der Waals surface area contributed by atoms with E-state index in [4.69, 9.17) is 33.2 Å². The van der Waals surface area contributed by atoms with Gasteiger partial charge in [0.05, 0.1) is 40.4 Å². The summed E-state index contributed by atoms with van der Waals surface area (Å²) in [6.45, 7) is 1.27. The molecule has 0 bridgehead atoms. The van der Waals surface area contributed by atoms with Crippen LogP contribution in [-0.2, 0) is 9.59 Å². The van der Waals surface area contributed by atoms with Gasteiger partial charge in [0.1, 0.15) is 11.5 Å². The highest BCUT2D eigenvalue weighted by Crippen LogP contribution is 2.51. The molecule has 0 amide bonds. The van der Waals surface area contributed by atoms with Crippen molar-refractivity contribution in [2.24, 2.45) is 0 Å². The monoisotopic (exact) mass is 546 g/mol. The minimum absolute atomic E-state index is 0.0387. The van der Waals surface area contributed by atoms with Gasteiger partial charge in [-0.15, -0.1) is 0 Å². The number of carbonyl (C=O) groups is 3.